The van der Waals surface area contributed by atoms with E-state index in [2.05, 4.69) is 0 Å². The number of hydrogen-bond acceptors (Lipinski definition) is 2. The summed E-state index contributed by atoms with van der Waals surface area (Å²) in [7, 11) is 0. The van der Waals surface area contributed by atoms with Crippen molar-refractivity contribution in [1.82, 2.24) is 0 Å². The van der Waals surface area contributed by atoms with Crippen molar-refractivity contribution in [1.29, 1.82) is 0 Å². The Labute approximate surface area is 114 Å². The maximum Gasteiger partial charge on any atom is 0.416 e. The van der Waals surface area contributed by atoms with E-state index < -0.39 is 11.7 Å². The van der Waals surface area contributed by atoms with Crippen molar-refractivity contribution in [3.8, 4) is 0 Å². The van der Waals surface area contributed by atoms with Crippen LogP contribution in [0.1, 0.15) is 41.6 Å². The Balaban J connectivity index is 1.80. The third kappa shape index (κ3) is 2.59. The van der Waals surface area contributed by atoms with Gasteiger partial charge in [-0.3, -0.25) is 4.79 Å². The highest BCUT2D eigenvalue weighted by Gasteiger charge is 2.38. The third-order valence-electron chi connectivity index (χ3n) is 4.14. The summed E-state index contributed by atoms with van der Waals surface area (Å²) in [6.07, 6.45) is -1.03. The summed E-state index contributed by atoms with van der Waals surface area (Å²) in [4.78, 5) is 12.4. The molecular formula is C15H15F3O2. The first kappa shape index (κ1) is 13.6. The van der Waals surface area contributed by atoms with Crippen molar-refractivity contribution in [2.45, 2.75) is 44.1 Å². The average Bonchev–Trinajstić information content (AvgIpc) is 2.76. The summed E-state index contributed by atoms with van der Waals surface area (Å²) in [5, 5.41) is 0. The molecule has 2 heterocycles. The van der Waals surface area contributed by atoms with Crippen molar-refractivity contribution in [2.75, 3.05) is 0 Å². The van der Waals surface area contributed by atoms with E-state index in [4.69, 9.17) is 4.74 Å². The molecule has 20 heavy (non-hydrogen) atoms. The Morgan fingerprint density at radius 2 is 1.80 bits per heavy atom. The number of carbonyl (C=O) groups is 1. The zero-order chi connectivity index (χ0) is 14.3. The first-order valence-corrected chi connectivity index (χ1v) is 6.80. The molecule has 2 atom stereocenters. The number of benzene rings is 1. The number of ketones is 1. The zero-order valence-electron chi connectivity index (χ0n) is 10.8. The first-order chi connectivity index (χ1) is 9.43. The summed E-state index contributed by atoms with van der Waals surface area (Å²) in [6, 6.07) is 4.71. The van der Waals surface area contributed by atoms with Crippen LogP contribution >= 0.6 is 0 Å². The van der Waals surface area contributed by atoms with Crippen LogP contribution in [0, 0.1) is 5.92 Å². The molecule has 108 valence electrons. The van der Waals surface area contributed by atoms with E-state index in [0.29, 0.717) is 12.8 Å². The number of Topliss-reactive ketones (excluding diaryl/α,β-unsaturated/α-hetero) is 1. The SMILES string of the molecule is O=C(c1cccc(C(F)(F)F)c1)C1CC2CCC(C1)O2. The van der Waals surface area contributed by atoms with E-state index in [0.717, 1.165) is 25.0 Å². The quantitative estimate of drug-likeness (QED) is 0.771. The molecule has 2 bridgehead atoms. The normalized spacial score (nSPS) is 29.4. The van der Waals surface area contributed by atoms with Crippen LogP contribution in [0.4, 0.5) is 13.2 Å². The van der Waals surface area contributed by atoms with E-state index in [-0.39, 0.29) is 29.5 Å². The topological polar surface area (TPSA) is 26.3 Å². The number of hydrogen-bond donors (Lipinski definition) is 0. The van der Waals surface area contributed by atoms with E-state index in [1.807, 2.05) is 0 Å². The van der Waals surface area contributed by atoms with Crippen molar-refractivity contribution >= 4 is 5.78 Å². The van der Waals surface area contributed by atoms with E-state index in [9.17, 15) is 18.0 Å². The van der Waals surface area contributed by atoms with Gasteiger partial charge in [0.15, 0.2) is 5.78 Å². The highest BCUT2D eigenvalue weighted by atomic mass is 19.4. The molecule has 0 radical (unpaired) electrons. The van der Waals surface area contributed by atoms with E-state index >= 15 is 0 Å². The standard InChI is InChI=1S/C15H15F3O2/c16-15(17,18)11-3-1-2-9(6-11)14(19)10-7-12-4-5-13(8-10)20-12/h1-3,6,10,12-13H,4-5,7-8H2. The average molecular weight is 284 g/mol. The number of rotatable bonds is 2. The van der Waals surface area contributed by atoms with Gasteiger partial charge in [-0.1, -0.05) is 12.1 Å². The van der Waals surface area contributed by atoms with Gasteiger partial charge in [-0.05, 0) is 37.8 Å². The summed E-state index contributed by atoms with van der Waals surface area (Å²) in [6.45, 7) is 0. The van der Waals surface area contributed by atoms with Gasteiger partial charge in [0.25, 0.3) is 0 Å². The van der Waals surface area contributed by atoms with Gasteiger partial charge in [-0.15, -0.1) is 0 Å². The Hall–Kier alpha value is -1.36. The summed E-state index contributed by atoms with van der Waals surface area (Å²) in [5.74, 6) is -0.388. The molecule has 0 aromatic heterocycles. The Kier molecular flexibility index (Phi) is 3.32. The van der Waals surface area contributed by atoms with Gasteiger partial charge in [-0.2, -0.15) is 13.2 Å². The minimum atomic E-state index is -4.41. The summed E-state index contributed by atoms with van der Waals surface area (Å²) in [5.41, 5.74) is -0.607. The fourth-order valence-corrected chi connectivity index (χ4v) is 3.16. The minimum absolute atomic E-state index is 0.105. The Bertz CT molecular complexity index is 512. The smallest absolute Gasteiger partial charge is 0.375 e. The van der Waals surface area contributed by atoms with Gasteiger partial charge in [0.1, 0.15) is 0 Å². The molecule has 0 amide bonds. The molecule has 0 N–H and O–H groups in total. The molecule has 2 fully saturated rings. The molecular weight excluding hydrogens is 269 g/mol. The van der Waals surface area contributed by atoms with E-state index in [1.165, 1.54) is 12.1 Å². The molecule has 5 heteroatoms. The van der Waals surface area contributed by atoms with Gasteiger partial charge >= 0.3 is 6.18 Å². The molecule has 2 saturated heterocycles. The molecule has 3 rings (SSSR count). The Morgan fingerprint density at radius 3 is 2.40 bits per heavy atom. The van der Waals surface area contributed by atoms with E-state index in [1.54, 1.807) is 0 Å². The second-order valence-electron chi connectivity index (χ2n) is 5.57. The number of carbonyl (C=O) groups excluding carboxylic acids is 1. The lowest BCUT2D eigenvalue weighted by Crippen LogP contribution is -2.30. The maximum absolute atomic E-state index is 12.7. The number of ether oxygens (including phenoxy) is 1. The van der Waals surface area contributed by atoms with Crippen LogP contribution in [-0.4, -0.2) is 18.0 Å². The highest BCUT2D eigenvalue weighted by molar-refractivity contribution is 5.98. The summed E-state index contributed by atoms with van der Waals surface area (Å²) < 4.78 is 43.7. The van der Waals surface area contributed by atoms with Gasteiger partial charge in [0, 0.05) is 11.5 Å². The predicted octanol–water partition coefficient (Wildman–Crippen LogP) is 3.85. The second-order valence-corrected chi connectivity index (χ2v) is 5.57. The molecule has 2 aliphatic heterocycles. The molecule has 0 aliphatic carbocycles. The number of alkyl halides is 3. The molecule has 0 saturated carbocycles. The molecule has 2 aliphatic rings. The molecule has 1 aromatic rings. The Morgan fingerprint density at radius 1 is 1.15 bits per heavy atom. The predicted molar refractivity (Wildman–Crippen MR) is 66.4 cm³/mol. The fraction of sp³-hybridized carbons (Fsp3) is 0.533. The zero-order valence-corrected chi connectivity index (χ0v) is 10.8. The van der Waals surface area contributed by atoms with Crippen molar-refractivity contribution in [2.24, 2.45) is 5.92 Å². The van der Waals surface area contributed by atoms with Crippen LogP contribution in [0.25, 0.3) is 0 Å². The molecule has 2 unspecified atom stereocenters. The molecule has 2 nitrogen and oxygen atoms in total. The lowest BCUT2D eigenvalue weighted by Gasteiger charge is -2.27. The van der Waals surface area contributed by atoms with Crippen LogP contribution in [0.5, 0.6) is 0 Å². The maximum atomic E-state index is 12.7. The fourth-order valence-electron chi connectivity index (χ4n) is 3.16. The van der Waals surface area contributed by atoms with Crippen LogP contribution < -0.4 is 0 Å². The second kappa shape index (κ2) is 4.88. The summed E-state index contributed by atoms with van der Waals surface area (Å²) >= 11 is 0. The molecule has 1 aromatic carbocycles. The minimum Gasteiger partial charge on any atom is -0.375 e. The highest BCUT2D eigenvalue weighted by Crippen LogP contribution is 2.38. The van der Waals surface area contributed by atoms with Crippen LogP contribution in [0.2, 0.25) is 0 Å². The third-order valence-corrected chi connectivity index (χ3v) is 4.14. The van der Waals surface area contributed by atoms with Crippen molar-refractivity contribution in [3.05, 3.63) is 35.4 Å². The monoisotopic (exact) mass is 284 g/mol. The van der Waals surface area contributed by atoms with Crippen molar-refractivity contribution < 1.29 is 22.7 Å². The van der Waals surface area contributed by atoms with Gasteiger partial charge < -0.3 is 4.74 Å². The van der Waals surface area contributed by atoms with Gasteiger partial charge in [0.05, 0.1) is 17.8 Å². The van der Waals surface area contributed by atoms with Gasteiger partial charge in [-0.25, -0.2) is 0 Å². The lowest BCUT2D eigenvalue weighted by atomic mass is 9.87. The number of halogens is 3. The molecule has 0 spiro atoms. The van der Waals surface area contributed by atoms with Gasteiger partial charge in [0.2, 0.25) is 0 Å². The largest absolute Gasteiger partial charge is 0.416 e. The lowest BCUT2D eigenvalue weighted by molar-refractivity contribution is -0.137. The van der Waals surface area contributed by atoms with Crippen molar-refractivity contribution in [3.63, 3.8) is 0 Å². The van der Waals surface area contributed by atoms with Crippen LogP contribution in [0.3, 0.4) is 0 Å². The van der Waals surface area contributed by atoms with Crippen LogP contribution in [0.15, 0.2) is 24.3 Å². The van der Waals surface area contributed by atoms with Crippen LogP contribution in [-0.2, 0) is 10.9 Å². The first-order valence-electron chi connectivity index (χ1n) is 6.80. The number of fused-ring (bicyclic) bond motifs is 2.